The third-order valence-corrected chi connectivity index (χ3v) is 3.93. The number of benzene rings is 1. The zero-order chi connectivity index (χ0) is 12.5. The Labute approximate surface area is 100 Å². The van der Waals surface area contributed by atoms with Gasteiger partial charge in [0.05, 0.1) is 0 Å². The van der Waals surface area contributed by atoms with Crippen molar-refractivity contribution in [3.05, 3.63) is 35.4 Å². The van der Waals surface area contributed by atoms with Crippen molar-refractivity contribution in [1.82, 2.24) is 5.32 Å². The van der Waals surface area contributed by atoms with E-state index in [4.69, 9.17) is 5.73 Å². The Kier molecular flexibility index (Phi) is 3.45. The van der Waals surface area contributed by atoms with Gasteiger partial charge < -0.3 is 11.1 Å². The molecule has 1 atom stereocenters. The van der Waals surface area contributed by atoms with Gasteiger partial charge >= 0.3 is 0 Å². The normalized spacial score (nSPS) is 19.8. The molecule has 0 aromatic heterocycles. The van der Waals surface area contributed by atoms with Crippen LogP contribution in [0.2, 0.25) is 0 Å². The van der Waals surface area contributed by atoms with Gasteiger partial charge in [-0.2, -0.15) is 0 Å². The summed E-state index contributed by atoms with van der Waals surface area (Å²) in [4.78, 5) is 0. The molecule has 1 aliphatic carbocycles. The highest BCUT2D eigenvalue weighted by molar-refractivity contribution is 5.25. The number of halogens is 2. The molecule has 17 heavy (non-hydrogen) atoms. The monoisotopic (exact) mass is 240 g/mol. The number of hydrogen-bond acceptors (Lipinski definition) is 2. The topological polar surface area (TPSA) is 38.0 Å². The van der Waals surface area contributed by atoms with E-state index in [2.05, 4.69) is 5.32 Å². The lowest BCUT2D eigenvalue weighted by Crippen LogP contribution is -2.47. The van der Waals surface area contributed by atoms with Gasteiger partial charge in [0.2, 0.25) is 0 Å². The molecule has 1 aromatic rings. The number of nitrogens with two attached hydrogens (primary N) is 1. The fourth-order valence-electron chi connectivity index (χ4n) is 2.77. The van der Waals surface area contributed by atoms with E-state index in [1.807, 2.05) is 0 Å². The molecule has 1 saturated carbocycles. The third kappa shape index (κ3) is 2.07. The number of nitrogens with one attached hydrogen (secondary N) is 1. The van der Waals surface area contributed by atoms with E-state index in [9.17, 15) is 8.78 Å². The lowest BCUT2D eigenvalue weighted by molar-refractivity contribution is 0.0858. The predicted octanol–water partition coefficient (Wildman–Crippen LogP) is 2.35. The molecule has 0 heterocycles. The Morgan fingerprint density at radius 3 is 2.59 bits per heavy atom. The van der Waals surface area contributed by atoms with Crippen LogP contribution in [-0.4, -0.2) is 13.6 Å². The summed E-state index contributed by atoms with van der Waals surface area (Å²) >= 11 is 0. The van der Waals surface area contributed by atoms with E-state index in [0.717, 1.165) is 25.3 Å². The Bertz CT molecular complexity index is 397. The summed E-state index contributed by atoms with van der Waals surface area (Å²) < 4.78 is 27.0. The van der Waals surface area contributed by atoms with Gasteiger partial charge in [0.1, 0.15) is 11.6 Å². The van der Waals surface area contributed by atoms with Crippen LogP contribution in [-0.2, 0) is 0 Å². The molecule has 4 heteroatoms. The van der Waals surface area contributed by atoms with Crippen molar-refractivity contribution < 1.29 is 8.78 Å². The molecule has 0 aliphatic heterocycles. The fourth-order valence-corrected chi connectivity index (χ4v) is 2.77. The van der Waals surface area contributed by atoms with Crippen molar-refractivity contribution >= 4 is 0 Å². The first-order valence-electron chi connectivity index (χ1n) is 5.95. The summed E-state index contributed by atoms with van der Waals surface area (Å²) in [6, 6.07) is 3.38. The SMILES string of the molecule is CNC(c1cc(F)ccc1F)C1(CN)CCC1. The second kappa shape index (κ2) is 4.70. The minimum Gasteiger partial charge on any atom is -0.330 e. The molecule has 0 amide bonds. The van der Waals surface area contributed by atoms with E-state index in [0.29, 0.717) is 12.1 Å². The molecule has 0 bridgehead atoms. The highest BCUT2D eigenvalue weighted by Crippen LogP contribution is 2.49. The van der Waals surface area contributed by atoms with Crippen molar-refractivity contribution in [3.8, 4) is 0 Å². The van der Waals surface area contributed by atoms with E-state index in [1.54, 1.807) is 7.05 Å². The largest absolute Gasteiger partial charge is 0.330 e. The van der Waals surface area contributed by atoms with E-state index in [-0.39, 0.29) is 17.3 Å². The molecule has 1 aliphatic rings. The van der Waals surface area contributed by atoms with Gasteiger partial charge in [-0.1, -0.05) is 6.42 Å². The maximum Gasteiger partial charge on any atom is 0.128 e. The van der Waals surface area contributed by atoms with Gasteiger partial charge in [-0.3, -0.25) is 0 Å². The molecule has 2 nitrogen and oxygen atoms in total. The predicted molar refractivity (Wildman–Crippen MR) is 63.5 cm³/mol. The minimum absolute atomic E-state index is 0.122. The lowest BCUT2D eigenvalue weighted by atomic mass is 9.62. The lowest BCUT2D eigenvalue weighted by Gasteiger charge is -2.47. The molecule has 1 unspecified atom stereocenters. The first-order valence-corrected chi connectivity index (χ1v) is 5.95. The van der Waals surface area contributed by atoms with Crippen LogP contribution >= 0.6 is 0 Å². The van der Waals surface area contributed by atoms with Crippen LogP contribution in [0, 0.1) is 17.0 Å². The molecule has 0 spiro atoms. The Morgan fingerprint density at radius 2 is 2.12 bits per heavy atom. The molecule has 2 rings (SSSR count). The Morgan fingerprint density at radius 1 is 1.41 bits per heavy atom. The summed E-state index contributed by atoms with van der Waals surface area (Å²) in [5, 5.41) is 3.09. The van der Waals surface area contributed by atoms with Gasteiger partial charge in [0.15, 0.2) is 0 Å². The minimum atomic E-state index is -0.409. The van der Waals surface area contributed by atoms with Crippen molar-refractivity contribution in [3.63, 3.8) is 0 Å². The summed E-state index contributed by atoms with van der Waals surface area (Å²) in [5.74, 6) is -0.779. The molecular formula is C13H18F2N2. The maximum atomic E-state index is 13.8. The molecular weight excluding hydrogens is 222 g/mol. The van der Waals surface area contributed by atoms with Crippen LogP contribution in [0.25, 0.3) is 0 Å². The molecule has 94 valence electrons. The number of rotatable bonds is 4. The summed E-state index contributed by atoms with van der Waals surface area (Å²) in [6.07, 6.45) is 3.03. The van der Waals surface area contributed by atoms with Crippen LogP contribution in [0.15, 0.2) is 18.2 Å². The average molecular weight is 240 g/mol. The zero-order valence-corrected chi connectivity index (χ0v) is 9.97. The standard InChI is InChI=1S/C13H18F2N2/c1-17-12(13(8-16)5-2-6-13)10-7-9(14)3-4-11(10)15/h3-4,7,12,17H,2,5-6,8,16H2,1H3. The van der Waals surface area contributed by atoms with Crippen molar-refractivity contribution in [1.29, 1.82) is 0 Å². The van der Waals surface area contributed by atoms with Crippen molar-refractivity contribution in [2.75, 3.05) is 13.6 Å². The molecule has 1 aromatic carbocycles. The summed E-state index contributed by atoms with van der Waals surface area (Å²) in [6.45, 7) is 0.495. The van der Waals surface area contributed by atoms with Gasteiger partial charge in [-0.25, -0.2) is 8.78 Å². The van der Waals surface area contributed by atoms with Crippen molar-refractivity contribution in [2.24, 2.45) is 11.1 Å². The quantitative estimate of drug-likeness (QED) is 0.847. The van der Waals surface area contributed by atoms with Gasteiger partial charge in [-0.15, -0.1) is 0 Å². The maximum absolute atomic E-state index is 13.8. The average Bonchev–Trinajstić information content (AvgIpc) is 2.27. The van der Waals surface area contributed by atoms with Crippen LogP contribution < -0.4 is 11.1 Å². The highest BCUT2D eigenvalue weighted by Gasteiger charge is 2.43. The molecule has 0 radical (unpaired) electrons. The van der Waals surface area contributed by atoms with Crippen LogP contribution in [0.5, 0.6) is 0 Å². The van der Waals surface area contributed by atoms with Crippen LogP contribution in [0.1, 0.15) is 30.9 Å². The van der Waals surface area contributed by atoms with E-state index in [1.165, 1.54) is 12.1 Å². The second-order valence-electron chi connectivity index (χ2n) is 4.81. The number of hydrogen-bond donors (Lipinski definition) is 2. The third-order valence-electron chi connectivity index (χ3n) is 3.93. The second-order valence-corrected chi connectivity index (χ2v) is 4.81. The van der Waals surface area contributed by atoms with Gasteiger partial charge in [0, 0.05) is 17.0 Å². The first-order chi connectivity index (χ1) is 8.13. The van der Waals surface area contributed by atoms with Crippen LogP contribution in [0.3, 0.4) is 0 Å². The Hall–Kier alpha value is -1.00. The fraction of sp³-hybridized carbons (Fsp3) is 0.538. The highest BCUT2D eigenvalue weighted by atomic mass is 19.1. The molecule has 3 N–H and O–H groups in total. The Balaban J connectivity index is 2.37. The van der Waals surface area contributed by atoms with Gasteiger partial charge in [0.25, 0.3) is 0 Å². The summed E-state index contributed by atoms with van der Waals surface area (Å²) in [7, 11) is 1.77. The van der Waals surface area contributed by atoms with Crippen LogP contribution in [0.4, 0.5) is 8.78 Å². The smallest absolute Gasteiger partial charge is 0.128 e. The van der Waals surface area contributed by atoms with Gasteiger partial charge in [-0.05, 0) is 44.6 Å². The van der Waals surface area contributed by atoms with E-state index >= 15 is 0 Å². The first kappa shape index (κ1) is 12.5. The molecule has 0 saturated heterocycles. The van der Waals surface area contributed by atoms with E-state index < -0.39 is 5.82 Å². The van der Waals surface area contributed by atoms with Crippen molar-refractivity contribution in [2.45, 2.75) is 25.3 Å². The zero-order valence-electron chi connectivity index (χ0n) is 9.97. The molecule has 1 fully saturated rings. The summed E-state index contributed by atoms with van der Waals surface area (Å²) in [5.41, 5.74) is 6.08.